The molecule has 0 spiro atoms. The summed E-state index contributed by atoms with van der Waals surface area (Å²) in [7, 11) is 3.27. The van der Waals surface area contributed by atoms with Crippen LogP contribution in [0.25, 0.3) is 0 Å². The van der Waals surface area contributed by atoms with Crippen molar-refractivity contribution < 1.29 is 19.5 Å². The van der Waals surface area contributed by atoms with Gasteiger partial charge in [0.15, 0.2) is 0 Å². The topological polar surface area (TPSA) is 90.0 Å². The summed E-state index contributed by atoms with van der Waals surface area (Å²) in [6.07, 6.45) is 1.46. The molecule has 0 radical (unpaired) electrons. The Kier molecular flexibility index (Phi) is 5.57. The molecule has 7 heteroatoms. The van der Waals surface area contributed by atoms with E-state index in [1.165, 1.54) is 4.90 Å². The quantitative estimate of drug-likeness (QED) is 0.801. The van der Waals surface area contributed by atoms with Crippen LogP contribution >= 0.6 is 0 Å². The monoisotopic (exact) mass is 299 g/mol. The van der Waals surface area contributed by atoms with Gasteiger partial charge in [0.25, 0.3) is 0 Å². The van der Waals surface area contributed by atoms with Crippen molar-refractivity contribution in [3.63, 3.8) is 0 Å². The molecule has 2 N–H and O–H groups in total. The fourth-order valence-corrected chi connectivity index (χ4v) is 2.58. The molecule has 1 rings (SSSR count). The maximum absolute atomic E-state index is 12.1. The van der Waals surface area contributed by atoms with Crippen LogP contribution in [0.4, 0.5) is 4.79 Å². The standard InChI is InChI=1S/C14H25N3O4/c1-5-14(12(19)20)6-8-17(9-7-14)13(21)15-10(2)11(18)16(3)4/h10H,5-9H2,1-4H3,(H,15,21)(H,19,20). The number of nitrogens with one attached hydrogen (secondary N) is 1. The Morgan fingerprint density at radius 1 is 1.29 bits per heavy atom. The average Bonchev–Trinajstić information content (AvgIpc) is 2.45. The summed E-state index contributed by atoms with van der Waals surface area (Å²) < 4.78 is 0. The fraction of sp³-hybridized carbons (Fsp3) is 0.786. The lowest BCUT2D eigenvalue weighted by molar-refractivity contribution is -0.151. The minimum absolute atomic E-state index is 0.172. The Balaban J connectivity index is 2.56. The van der Waals surface area contributed by atoms with E-state index in [0.29, 0.717) is 32.4 Å². The highest BCUT2D eigenvalue weighted by Gasteiger charge is 2.41. The van der Waals surface area contributed by atoms with Crippen LogP contribution in [0.5, 0.6) is 0 Å². The van der Waals surface area contributed by atoms with Crippen LogP contribution in [0, 0.1) is 5.41 Å². The van der Waals surface area contributed by atoms with E-state index in [1.54, 1.807) is 25.9 Å². The summed E-state index contributed by atoms with van der Waals surface area (Å²) >= 11 is 0. The SMILES string of the molecule is CCC1(C(=O)O)CCN(C(=O)NC(C)C(=O)N(C)C)CC1. The van der Waals surface area contributed by atoms with Crippen molar-refractivity contribution in [1.29, 1.82) is 0 Å². The first kappa shape index (κ1) is 17.3. The molecule has 1 fully saturated rings. The minimum Gasteiger partial charge on any atom is -0.481 e. The van der Waals surface area contributed by atoms with E-state index in [2.05, 4.69) is 5.32 Å². The summed E-state index contributed by atoms with van der Waals surface area (Å²) in [5.74, 6) is -0.963. The van der Waals surface area contributed by atoms with Crippen LogP contribution in [0.15, 0.2) is 0 Å². The summed E-state index contributed by atoms with van der Waals surface area (Å²) in [6.45, 7) is 4.29. The number of carboxylic acids is 1. The number of carbonyl (C=O) groups excluding carboxylic acids is 2. The van der Waals surface area contributed by atoms with Gasteiger partial charge in [0.1, 0.15) is 6.04 Å². The molecular formula is C14H25N3O4. The van der Waals surface area contributed by atoms with Crippen molar-refractivity contribution in [3.8, 4) is 0 Å². The van der Waals surface area contributed by atoms with Gasteiger partial charge in [-0.25, -0.2) is 4.79 Å². The molecule has 7 nitrogen and oxygen atoms in total. The molecule has 1 aliphatic heterocycles. The zero-order chi connectivity index (χ0) is 16.2. The van der Waals surface area contributed by atoms with Crippen molar-refractivity contribution in [1.82, 2.24) is 15.1 Å². The van der Waals surface area contributed by atoms with Gasteiger partial charge in [-0.15, -0.1) is 0 Å². The van der Waals surface area contributed by atoms with Gasteiger partial charge in [0.05, 0.1) is 5.41 Å². The fourth-order valence-electron chi connectivity index (χ4n) is 2.58. The van der Waals surface area contributed by atoms with E-state index in [0.717, 1.165) is 0 Å². The third-order valence-corrected chi connectivity index (χ3v) is 4.29. The summed E-state index contributed by atoms with van der Waals surface area (Å²) in [4.78, 5) is 38.2. The van der Waals surface area contributed by atoms with Gasteiger partial charge in [0, 0.05) is 27.2 Å². The van der Waals surface area contributed by atoms with Crippen molar-refractivity contribution in [2.45, 2.75) is 39.2 Å². The number of rotatable bonds is 4. The zero-order valence-electron chi connectivity index (χ0n) is 13.2. The van der Waals surface area contributed by atoms with Crippen LogP contribution < -0.4 is 5.32 Å². The van der Waals surface area contributed by atoms with Crippen LogP contribution in [0.1, 0.15) is 33.1 Å². The molecule has 0 bridgehead atoms. The van der Waals surface area contributed by atoms with Gasteiger partial charge < -0.3 is 20.2 Å². The third kappa shape index (κ3) is 3.86. The molecule has 3 amide bonds. The van der Waals surface area contributed by atoms with E-state index < -0.39 is 17.4 Å². The number of carboxylic acid groups (broad SMARTS) is 1. The first-order valence-corrected chi connectivity index (χ1v) is 7.23. The van der Waals surface area contributed by atoms with Gasteiger partial charge in [0.2, 0.25) is 5.91 Å². The Morgan fingerprint density at radius 2 is 1.81 bits per heavy atom. The van der Waals surface area contributed by atoms with Gasteiger partial charge in [-0.3, -0.25) is 9.59 Å². The van der Waals surface area contributed by atoms with Crippen LogP contribution in [-0.4, -0.2) is 66.0 Å². The lowest BCUT2D eigenvalue weighted by atomic mass is 9.76. The molecule has 0 saturated carbocycles. The second kappa shape index (κ2) is 6.78. The van der Waals surface area contributed by atoms with Crippen LogP contribution in [0.2, 0.25) is 0 Å². The number of piperidine rings is 1. The van der Waals surface area contributed by atoms with Gasteiger partial charge in [-0.1, -0.05) is 6.92 Å². The Hall–Kier alpha value is -1.79. The summed E-state index contributed by atoms with van der Waals surface area (Å²) in [6, 6.07) is -0.905. The maximum atomic E-state index is 12.1. The number of urea groups is 1. The van der Waals surface area contributed by atoms with E-state index in [-0.39, 0.29) is 11.9 Å². The number of likely N-dealkylation sites (N-methyl/N-ethyl adjacent to an activating group) is 1. The molecule has 0 aromatic heterocycles. The number of nitrogens with zero attached hydrogens (tertiary/aromatic N) is 2. The van der Waals surface area contributed by atoms with Crippen molar-refractivity contribution >= 4 is 17.9 Å². The molecule has 120 valence electrons. The first-order valence-electron chi connectivity index (χ1n) is 7.23. The smallest absolute Gasteiger partial charge is 0.318 e. The normalized spacial score (nSPS) is 18.8. The van der Waals surface area contributed by atoms with Crippen molar-refractivity contribution in [2.24, 2.45) is 5.41 Å². The molecule has 1 saturated heterocycles. The van der Waals surface area contributed by atoms with Crippen molar-refractivity contribution in [2.75, 3.05) is 27.2 Å². The summed E-state index contributed by atoms with van der Waals surface area (Å²) in [5.41, 5.74) is -0.720. The molecule has 1 heterocycles. The van der Waals surface area contributed by atoms with Crippen molar-refractivity contribution in [3.05, 3.63) is 0 Å². The molecule has 1 unspecified atom stereocenters. The average molecular weight is 299 g/mol. The number of hydrogen-bond donors (Lipinski definition) is 2. The van der Waals surface area contributed by atoms with Gasteiger partial charge in [-0.05, 0) is 26.2 Å². The summed E-state index contributed by atoms with van der Waals surface area (Å²) in [5, 5.41) is 12.0. The number of aliphatic carboxylic acids is 1. The third-order valence-electron chi connectivity index (χ3n) is 4.29. The minimum atomic E-state index is -0.791. The lowest BCUT2D eigenvalue weighted by Crippen LogP contribution is -2.53. The van der Waals surface area contributed by atoms with Gasteiger partial charge in [-0.2, -0.15) is 0 Å². The number of hydrogen-bond acceptors (Lipinski definition) is 3. The number of likely N-dealkylation sites (tertiary alicyclic amines) is 1. The zero-order valence-corrected chi connectivity index (χ0v) is 13.2. The van der Waals surface area contributed by atoms with E-state index in [1.807, 2.05) is 6.92 Å². The highest BCUT2D eigenvalue weighted by molar-refractivity contribution is 5.86. The molecular weight excluding hydrogens is 274 g/mol. The molecule has 0 aromatic rings. The van der Waals surface area contributed by atoms with Gasteiger partial charge >= 0.3 is 12.0 Å². The second-order valence-corrected chi connectivity index (χ2v) is 5.83. The lowest BCUT2D eigenvalue weighted by Gasteiger charge is -2.38. The van der Waals surface area contributed by atoms with Crippen LogP contribution in [-0.2, 0) is 9.59 Å². The molecule has 1 aliphatic rings. The molecule has 1 atom stereocenters. The largest absolute Gasteiger partial charge is 0.481 e. The highest BCUT2D eigenvalue weighted by atomic mass is 16.4. The molecule has 0 aromatic carbocycles. The predicted octanol–water partition coefficient (Wildman–Crippen LogP) is 0.750. The first-order chi connectivity index (χ1) is 9.73. The van der Waals surface area contributed by atoms with E-state index in [4.69, 9.17) is 0 Å². The predicted molar refractivity (Wildman–Crippen MR) is 77.9 cm³/mol. The van der Waals surface area contributed by atoms with E-state index >= 15 is 0 Å². The Bertz CT molecular complexity index is 414. The highest BCUT2D eigenvalue weighted by Crippen LogP contribution is 2.35. The molecule has 21 heavy (non-hydrogen) atoms. The maximum Gasteiger partial charge on any atom is 0.318 e. The second-order valence-electron chi connectivity index (χ2n) is 5.83. The van der Waals surface area contributed by atoms with Crippen LogP contribution in [0.3, 0.4) is 0 Å². The van der Waals surface area contributed by atoms with E-state index in [9.17, 15) is 19.5 Å². The Morgan fingerprint density at radius 3 is 2.19 bits per heavy atom. The number of carbonyl (C=O) groups is 3. The Labute approximate surface area is 125 Å². The number of amides is 3. The molecule has 0 aliphatic carbocycles.